The fourth-order valence-corrected chi connectivity index (χ4v) is 1.03. The summed E-state index contributed by atoms with van der Waals surface area (Å²) in [6.45, 7) is 10.3. The Kier molecular flexibility index (Phi) is 6.20. The van der Waals surface area contributed by atoms with E-state index in [9.17, 15) is 4.79 Å². The Balaban J connectivity index is 4.55. The van der Waals surface area contributed by atoms with Crippen molar-refractivity contribution >= 4 is 5.97 Å². The molecule has 0 spiro atoms. The molecule has 0 aliphatic rings. The SMILES string of the molecule is C=CCN(C=C(CC)C(=O)O)CC=C. The van der Waals surface area contributed by atoms with E-state index in [0.29, 0.717) is 25.1 Å². The molecule has 0 aromatic carbocycles. The standard InChI is InChI=1S/C11H17NO2/c1-4-7-12(8-5-2)9-10(6-3)11(13)14/h4-5,9H,1-2,6-8H2,3H3,(H,13,14). The topological polar surface area (TPSA) is 40.5 Å². The molecule has 78 valence electrons. The van der Waals surface area contributed by atoms with Crippen molar-refractivity contribution < 1.29 is 9.90 Å². The molecule has 0 atom stereocenters. The Hall–Kier alpha value is -1.51. The van der Waals surface area contributed by atoms with Gasteiger partial charge in [-0.3, -0.25) is 0 Å². The van der Waals surface area contributed by atoms with Crippen molar-refractivity contribution in [2.24, 2.45) is 0 Å². The summed E-state index contributed by atoms with van der Waals surface area (Å²) in [6, 6.07) is 0. The Bertz CT molecular complexity index is 234. The molecule has 0 rings (SSSR count). The van der Waals surface area contributed by atoms with Crippen LogP contribution in [0.1, 0.15) is 13.3 Å². The molecular weight excluding hydrogens is 178 g/mol. The van der Waals surface area contributed by atoms with E-state index in [-0.39, 0.29) is 0 Å². The minimum absolute atomic E-state index is 0.397. The van der Waals surface area contributed by atoms with Gasteiger partial charge in [-0.2, -0.15) is 0 Å². The van der Waals surface area contributed by atoms with E-state index < -0.39 is 5.97 Å². The van der Waals surface area contributed by atoms with E-state index in [2.05, 4.69) is 13.2 Å². The number of carbonyl (C=O) groups is 1. The average molecular weight is 195 g/mol. The van der Waals surface area contributed by atoms with Crippen LogP contribution in [-0.4, -0.2) is 29.1 Å². The summed E-state index contributed by atoms with van der Waals surface area (Å²) in [4.78, 5) is 12.6. The van der Waals surface area contributed by atoms with Gasteiger partial charge in [-0.15, -0.1) is 13.2 Å². The average Bonchev–Trinajstić information content (AvgIpc) is 2.14. The molecule has 0 aliphatic heterocycles. The number of aliphatic carboxylic acids is 1. The molecule has 0 unspecified atom stereocenters. The summed E-state index contributed by atoms with van der Waals surface area (Å²) >= 11 is 0. The molecule has 0 aromatic rings. The summed E-state index contributed by atoms with van der Waals surface area (Å²) in [6.07, 6.45) is 5.62. The Morgan fingerprint density at radius 2 is 1.86 bits per heavy atom. The van der Waals surface area contributed by atoms with Crippen LogP contribution in [0.3, 0.4) is 0 Å². The molecule has 0 radical (unpaired) electrons. The van der Waals surface area contributed by atoms with Crippen LogP contribution in [0, 0.1) is 0 Å². The van der Waals surface area contributed by atoms with Crippen LogP contribution in [0.4, 0.5) is 0 Å². The lowest BCUT2D eigenvalue weighted by Gasteiger charge is -2.17. The largest absolute Gasteiger partial charge is 0.478 e. The van der Waals surface area contributed by atoms with Gasteiger partial charge >= 0.3 is 5.97 Å². The third kappa shape index (κ3) is 4.50. The van der Waals surface area contributed by atoms with Gasteiger partial charge < -0.3 is 10.0 Å². The molecule has 0 saturated carbocycles. The minimum atomic E-state index is -0.870. The van der Waals surface area contributed by atoms with E-state index >= 15 is 0 Å². The van der Waals surface area contributed by atoms with Gasteiger partial charge in [0.15, 0.2) is 0 Å². The van der Waals surface area contributed by atoms with Crippen LogP contribution in [0.25, 0.3) is 0 Å². The van der Waals surface area contributed by atoms with Crippen molar-refractivity contribution in [2.45, 2.75) is 13.3 Å². The molecule has 0 amide bonds. The first kappa shape index (κ1) is 12.5. The Labute approximate surface area is 85.0 Å². The lowest BCUT2D eigenvalue weighted by atomic mass is 10.2. The van der Waals surface area contributed by atoms with Crippen molar-refractivity contribution in [1.29, 1.82) is 0 Å². The number of hydrogen-bond donors (Lipinski definition) is 1. The second-order valence-corrected chi connectivity index (χ2v) is 2.84. The second-order valence-electron chi connectivity index (χ2n) is 2.84. The zero-order valence-corrected chi connectivity index (χ0v) is 8.57. The highest BCUT2D eigenvalue weighted by atomic mass is 16.4. The highest BCUT2D eigenvalue weighted by Gasteiger charge is 2.05. The first-order valence-corrected chi connectivity index (χ1v) is 4.55. The van der Waals surface area contributed by atoms with E-state index in [1.54, 1.807) is 18.4 Å². The third-order valence-electron chi connectivity index (χ3n) is 1.72. The van der Waals surface area contributed by atoms with E-state index in [1.807, 2.05) is 11.8 Å². The molecule has 14 heavy (non-hydrogen) atoms. The van der Waals surface area contributed by atoms with Crippen LogP contribution in [-0.2, 0) is 4.79 Å². The maximum absolute atomic E-state index is 10.7. The zero-order valence-electron chi connectivity index (χ0n) is 8.57. The van der Waals surface area contributed by atoms with Crippen molar-refractivity contribution in [3.8, 4) is 0 Å². The first-order valence-electron chi connectivity index (χ1n) is 4.55. The van der Waals surface area contributed by atoms with Crippen LogP contribution in [0.5, 0.6) is 0 Å². The van der Waals surface area contributed by atoms with Gasteiger partial charge in [0.25, 0.3) is 0 Å². The molecule has 0 heterocycles. The number of rotatable bonds is 7. The zero-order chi connectivity index (χ0) is 11.0. The van der Waals surface area contributed by atoms with Crippen molar-refractivity contribution in [1.82, 2.24) is 4.90 Å². The van der Waals surface area contributed by atoms with Gasteiger partial charge in [-0.05, 0) is 6.42 Å². The molecule has 3 nitrogen and oxygen atoms in total. The highest BCUT2D eigenvalue weighted by Crippen LogP contribution is 2.03. The Morgan fingerprint density at radius 3 is 2.14 bits per heavy atom. The predicted molar refractivity (Wildman–Crippen MR) is 58.0 cm³/mol. The van der Waals surface area contributed by atoms with Crippen LogP contribution in [0.15, 0.2) is 37.1 Å². The van der Waals surface area contributed by atoms with E-state index in [4.69, 9.17) is 5.11 Å². The number of hydrogen-bond acceptors (Lipinski definition) is 2. The molecule has 3 heteroatoms. The van der Waals surface area contributed by atoms with Crippen LogP contribution in [0.2, 0.25) is 0 Å². The van der Waals surface area contributed by atoms with Gasteiger partial charge in [0.1, 0.15) is 0 Å². The lowest BCUT2D eigenvalue weighted by Crippen LogP contribution is -2.19. The van der Waals surface area contributed by atoms with E-state index in [1.165, 1.54) is 0 Å². The van der Waals surface area contributed by atoms with Gasteiger partial charge in [0.05, 0.1) is 5.57 Å². The number of carboxylic acid groups (broad SMARTS) is 1. The Morgan fingerprint density at radius 1 is 1.36 bits per heavy atom. The number of carboxylic acids is 1. The fraction of sp³-hybridized carbons (Fsp3) is 0.364. The molecule has 0 aromatic heterocycles. The summed E-state index contributed by atoms with van der Waals surface area (Å²) in [5, 5.41) is 8.81. The van der Waals surface area contributed by atoms with Crippen molar-refractivity contribution in [3.63, 3.8) is 0 Å². The van der Waals surface area contributed by atoms with Crippen LogP contribution < -0.4 is 0 Å². The van der Waals surface area contributed by atoms with Gasteiger partial charge in [0.2, 0.25) is 0 Å². The first-order chi connectivity index (χ1) is 6.65. The normalized spacial score (nSPS) is 10.8. The molecule has 0 aliphatic carbocycles. The smallest absolute Gasteiger partial charge is 0.333 e. The summed E-state index contributed by atoms with van der Waals surface area (Å²) in [7, 11) is 0. The minimum Gasteiger partial charge on any atom is -0.478 e. The summed E-state index contributed by atoms with van der Waals surface area (Å²) in [5.74, 6) is -0.870. The third-order valence-corrected chi connectivity index (χ3v) is 1.72. The van der Waals surface area contributed by atoms with Gasteiger partial charge in [0, 0.05) is 19.3 Å². The van der Waals surface area contributed by atoms with Gasteiger partial charge in [-0.25, -0.2) is 4.79 Å². The summed E-state index contributed by atoms with van der Waals surface area (Å²) < 4.78 is 0. The predicted octanol–water partition coefficient (Wildman–Crippen LogP) is 2.04. The van der Waals surface area contributed by atoms with Gasteiger partial charge in [-0.1, -0.05) is 19.1 Å². The van der Waals surface area contributed by atoms with Crippen molar-refractivity contribution in [2.75, 3.05) is 13.1 Å². The lowest BCUT2D eigenvalue weighted by molar-refractivity contribution is -0.132. The quantitative estimate of drug-likeness (QED) is 0.499. The molecular formula is C11H17NO2. The van der Waals surface area contributed by atoms with Crippen molar-refractivity contribution in [3.05, 3.63) is 37.1 Å². The van der Waals surface area contributed by atoms with E-state index in [0.717, 1.165) is 0 Å². The maximum atomic E-state index is 10.7. The monoisotopic (exact) mass is 195 g/mol. The van der Waals surface area contributed by atoms with Crippen LogP contribution >= 0.6 is 0 Å². The fourth-order valence-electron chi connectivity index (χ4n) is 1.03. The molecule has 0 bridgehead atoms. The summed E-state index contributed by atoms with van der Waals surface area (Å²) in [5.41, 5.74) is 0.397. The molecule has 0 saturated heterocycles. The molecule has 0 fully saturated rings. The molecule has 1 N–H and O–H groups in total. The highest BCUT2D eigenvalue weighted by molar-refractivity contribution is 5.86. The number of nitrogens with zero attached hydrogens (tertiary/aromatic N) is 1. The second kappa shape index (κ2) is 6.95. The maximum Gasteiger partial charge on any atom is 0.333 e.